The molecule has 0 fully saturated rings. The third kappa shape index (κ3) is 2.42. The number of para-hydroxylation sites is 1. The van der Waals surface area contributed by atoms with Crippen LogP contribution in [-0.2, 0) is 0 Å². The Bertz CT molecular complexity index is 516. The molecule has 2 aromatic carbocycles. The van der Waals surface area contributed by atoms with Crippen molar-refractivity contribution in [1.29, 1.82) is 0 Å². The Balaban J connectivity index is 2.25. The Kier molecular flexibility index (Phi) is 2.92. The standard InChI is InChI=1S/C14H12O2/c15-13-6-3-4-11(10-13)8-9-12-5-1-2-7-14(12)16/h1-10,15-16H/b9-8+. The van der Waals surface area contributed by atoms with Crippen LogP contribution in [0.25, 0.3) is 12.2 Å². The van der Waals surface area contributed by atoms with E-state index in [1.165, 1.54) is 0 Å². The van der Waals surface area contributed by atoms with Gasteiger partial charge < -0.3 is 10.2 Å². The van der Waals surface area contributed by atoms with E-state index in [1.807, 2.05) is 30.4 Å². The lowest BCUT2D eigenvalue weighted by Gasteiger charge is -1.98. The summed E-state index contributed by atoms with van der Waals surface area (Å²) in [5.41, 5.74) is 1.65. The summed E-state index contributed by atoms with van der Waals surface area (Å²) in [5.74, 6) is 0.485. The first kappa shape index (κ1) is 10.3. The monoisotopic (exact) mass is 212 g/mol. The van der Waals surface area contributed by atoms with Crippen molar-refractivity contribution in [2.24, 2.45) is 0 Å². The van der Waals surface area contributed by atoms with Crippen LogP contribution in [0.4, 0.5) is 0 Å². The van der Waals surface area contributed by atoms with Crippen molar-refractivity contribution in [3.8, 4) is 11.5 Å². The number of aromatic hydroxyl groups is 2. The minimum Gasteiger partial charge on any atom is -0.508 e. The summed E-state index contributed by atoms with van der Waals surface area (Å²) in [4.78, 5) is 0. The van der Waals surface area contributed by atoms with Crippen molar-refractivity contribution in [3.63, 3.8) is 0 Å². The Hall–Kier alpha value is -2.22. The molecule has 2 N–H and O–H groups in total. The Labute approximate surface area is 94.1 Å². The largest absolute Gasteiger partial charge is 0.508 e. The van der Waals surface area contributed by atoms with E-state index in [2.05, 4.69) is 0 Å². The molecule has 0 aliphatic rings. The summed E-state index contributed by atoms with van der Waals surface area (Å²) < 4.78 is 0. The van der Waals surface area contributed by atoms with Gasteiger partial charge in [-0.05, 0) is 23.8 Å². The molecule has 0 unspecified atom stereocenters. The van der Waals surface area contributed by atoms with Crippen molar-refractivity contribution in [2.45, 2.75) is 0 Å². The van der Waals surface area contributed by atoms with Crippen molar-refractivity contribution in [2.75, 3.05) is 0 Å². The fraction of sp³-hybridized carbons (Fsp3) is 0. The summed E-state index contributed by atoms with van der Waals surface area (Å²) in [5, 5.41) is 18.8. The molecule has 0 spiro atoms. The molecule has 0 saturated heterocycles. The van der Waals surface area contributed by atoms with Crippen LogP contribution in [-0.4, -0.2) is 10.2 Å². The van der Waals surface area contributed by atoms with E-state index in [0.29, 0.717) is 0 Å². The lowest BCUT2D eigenvalue weighted by Crippen LogP contribution is -1.74. The molecule has 0 aliphatic carbocycles. The smallest absolute Gasteiger partial charge is 0.122 e. The fourth-order valence-corrected chi connectivity index (χ4v) is 1.44. The van der Waals surface area contributed by atoms with E-state index in [4.69, 9.17) is 0 Å². The highest BCUT2D eigenvalue weighted by Gasteiger charge is 1.94. The van der Waals surface area contributed by atoms with Crippen molar-refractivity contribution in [3.05, 3.63) is 59.7 Å². The minimum absolute atomic E-state index is 0.236. The van der Waals surface area contributed by atoms with Gasteiger partial charge in [0.2, 0.25) is 0 Å². The topological polar surface area (TPSA) is 40.5 Å². The lowest BCUT2D eigenvalue weighted by atomic mass is 10.1. The number of rotatable bonds is 2. The van der Waals surface area contributed by atoms with Crippen molar-refractivity contribution in [1.82, 2.24) is 0 Å². The second-order valence-corrected chi connectivity index (χ2v) is 3.49. The first-order valence-electron chi connectivity index (χ1n) is 5.01. The number of benzene rings is 2. The predicted molar refractivity (Wildman–Crippen MR) is 65.1 cm³/mol. The molecule has 2 heteroatoms. The second-order valence-electron chi connectivity index (χ2n) is 3.49. The van der Waals surface area contributed by atoms with Crippen molar-refractivity contribution >= 4 is 12.2 Å². The molecule has 0 aliphatic heterocycles. The van der Waals surface area contributed by atoms with Gasteiger partial charge in [0.15, 0.2) is 0 Å². The molecule has 0 atom stereocenters. The Morgan fingerprint density at radius 2 is 1.62 bits per heavy atom. The molecule has 0 amide bonds. The highest BCUT2D eigenvalue weighted by atomic mass is 16.3. The van der Waals surface area contributed by atoms with Crippen LogP contribution in [0.5, 0.6) is 11.5 Å². The highest BCUT2D eigenvalue weighted by Crippen LogP contribution is 2.19. The number of hydrogen-bond donors (Lipinski definition) is 2. The molecule has 80 valence electrons. The first-order chi connectivity index (χ1) is 7.75. The quantitative estimate of drug-likeness (QED) is 0.750. The molecule has 0 heterocycles. The zero-order valence-corrected chi connectivity index (χ0v) is 8.67. The fourth-order valence-electron chi connectivity index (χ4n) is 1.44. The third-order valence-electron chi connectivity index (χ3n) is 2.26. The van der Waals surface area contributed by atoms with Crippen LogP contribution in [0.1, 0.15) is 11.1 Å². The number of hydrogen-bond acceptors (Lipinski definition) is 2. The van der Waals surface area contributed by atoms with Gasteiger partial charge >= 0.3 is 0 Å². The third-order valence-corrected chi connectivity index (χ3v) is 2.26. The van der Waals surface area contributed by atoms with Crippen LogP contribution in [0.2, 0.25) is 0 Å². The molecule has 16 heavy (non-hydrogen) atoms. The first-order valence-corrected chi connectivity index (χ1v) is 5.01. The summed E-state index contributed by atoms with van der Waals surface area (Å²) in [7, 11) is 0. The van der Waals surface area contributed by atoms with Crippen LogP contribution in [0.3, 0.4) is 0 Å². The van der Waals surface area contributed by atoms with Gasteiger partial charge in [0, 0.05) is 5.56 Å². The normalized spacial score (nSPS) is 10.8. The zero-order chi connectivity index (χ0) is 11.4. The van der Waals surface area contributed by atoms with E-state index in [-0.39, 0.29) is 11.5 Å². The van der Waals surface area contributed by atoms with E-state index in [1.54, 1.807) is 30.3 Å². The molecule has 0 saturated carbocycles. The van der Waals surface area contributed by atoms with Crippen LogP contribution in [0, 0.1) is 0 Å². The van der Waals surface area contributed by atoms with Gasteiger partial charge in [0.05, 0.1) is 0 Å². The molecule has 2 nitrogen and oxygen atoms in total. The van der Waals surface area contributed by atoms with Gasteiger partial charge in [-0.15, -0.1) is 0 Å². The van der Waals surface area contributed by atoms with Gasteiger partial charge in [0.1, 0.15) is 11.5 Å². The molecule has 0 aromatic heterocycles. The van der Waals surface area contributed by atoms with E-state index in [9.17, 15) is 10.2 Å². The van der Waals surface area contributed by atoms with Crippen LogP contribution < -0.4 is 0 Å². The van der Waals surface area contributed by atoms with Gasteiger partial charge in [-0.3, -0.25) is 0 Å². The molecule has 0 radical (unpaired) electrons. The van der Waals surface area contributed by atoms with E-state index < -0.39 is 0 Å². The lowest BCUT2D eigenvalue weighted by molar-refractivity contribution is 0.474. The molecular formula is C14H12O2. The average molecular weight is 212 g/mol. The molecule has 2 aromatic rings. The van der Waals surface area contributed by atoms with Gasteiger partial charge in [-0.2, -0.15) is 0 Å². The Morgan fingerprint density at radius 1 is 0.812 bits per heavy atom. The van der Waals surface area contributed by atoms with Gasteiger partial charge in [-0.1, -0.05) is 42.5 Å². The maximum absolute atomic E-state index is 9.54. The molecule has 2 rings (SSSR count). The maximum atomic E-state index is 9.54. The Morgan fingerprint density at radius 3 is 2.38 bits per heavy atom. The molecular weight excluding hydrogens is 200 g/mol. The van der Waals surface area contributed by atoms with Crippen molar-refractivity contribution < 1.29 is 10.2 Å². The minimum atomic E-state index is 0.236. The summed E-state index contributed by atoms with van der Waals surface area (Å²) in [6.07, 6.45) is 3.65. The zero-order valence-electron chi connectivity index (χ0n) is 8.67. The highest BCUT2D eigenvalue weighted by molar-refractivity contribution is 5.72. The maximum Gasteiger partial charge on any atom is 0.122 e. The summed E-state index contributed by atoms with van der Waals surface area (Å²) in [6, 6.07) is 14.1. The average Bonchev–Trinajstić information content (AvgIpc) is 2.28. The second kappa shape index (κ2) is 4.53. The predicted octanol–water partition coefficient (Wildman–Crippen LogP) is 3.27. The van der Waals surface area contributed by atoms with Gasteiger partial charge in [-0.25, -0.2) is 0 Å². The number of phenols is 2. The van der Waals surface area contributed by atoms with Crippen LogP contribution in [0.15, 0.2) is 48.5 Å². The SMILES string of the molecule is Oc1cccc(/C=C/c2ccccc2O)c1. The summed E-state index contributed by atoms with van der Waals surface area (Å²) in [6.45, 7) is 0. The summed E-state index contributed by atoms with van der Waals surface area (Å²) >= 11 is 0. The number of phenolic OH excluding ortho intramolecular Hbond substituents is 2. The van der Waals surface area contributed by atoms with E-state index in [0.717, 1.165) is 11.1 Å². The van der Waals surface area contributed by atoms with Gasteiger partial charge in [0.25, 0.3) is 0 Å². The van der Waals surface area contributed by atoms with E-state index >= 15 is 0 Å². The molecule has 0 bridgehead atoms. The van der Waals surface area contributed by atoms with Crippen LogP contribution >= 0.6 is 0 Å².